The second-order valence-electron chi connectivity index (χ2n) is 2.12. The molecule has 0 heterocycles. The molecule has 0 aliphatic heterocycles. The van der Waals surface area contributed by atoms with E-state index < -0.39 is 0 Å². The van der Waals surface area contributed by atoms with Gasteiger partial charge in [0.25, 0.3) is 0 Å². The Kier molecular flexibility index (Phi) is 6.65. The molecule has 0 saturated heterocycles. The minimum atomic E-state index is 0.344. The van der Waals surface area contributed by atoms with Crippen molar-refractivity contribution in [1.82, 2.24) is 0 Å². The first-order valence-electron chi connectivity index (χ1n) is 3.39. The summed E-state index contributed by atoms with van der Waals surface area (Å²) in [6, 6.07) is 0. The van der Waals surface area contributed by atoms with E-state index in [2.05, 4.69) is 13.2 Å². The number of unbranched alkanes of at least 4 members (excludes halogenated alkanes) is 2. The van der Waals surface area contributed by atoms with Crippen molar-refractivity contribution in [3.05, 3.63) is 6.92 Å². The first-order valence-corrected chi connectivity index (χ1v) is 4.67. The van der Waals surface area contributed by atoms with E-state index in [9.17, 15) is 0 Å². The Morgan fingerprint density at radius 1 is 1.56 bits per heavy atom. The molecule has 0 saturated carbocycles. The van der Waals surface area contributed by atoms with Gasteiger partial charge in [0.05, 0.1) is 5.37 Å². The van der Waals surface area contributed by atoms with Gasteiger partial charge >= 0.3 is 0 Å². The van der Waals surface area contributed by atoms with Crippen molar-refractivity contribution in [3.63, 3.8) is 0 Å². The smallest absolute Gasteiger partial charge is 0.0504 e. The molecule has 0 aliphatic carbocycles. The highest BCUT2D eigenvalue weighted by Gasteiger charge is 1.96. The van der Waals surface area contributed by atoms with Crippen molar-refractivity contribution < 1.29 is 0 Å². The molecule has 55 valence electrons. The van der Waals surface area contributed by atoms with Gasteiger partial charge in [-0.15, -0.1) is 11.8 Å². The zero-order valence-corrected chi connectivity index (χ0v) is 6.91. The van der Waals surface area contributed by atoms with Crippen molar-refractivity contribution in [1.29, 1.82) is 0 Å². The Hall–Kier alpha value is 0.310. The van der Waals surface area contributed by atoms with E-state index in [0.29, 0.717) is 5.37 Å². The van der Waals surface area contributed by atoms with Crippen LogP contribution in [0.2, 0.25) is 0 Å². The molecule has 0 fully saturated rings. The number of rotatable bonds is 5. The maximum Gasteiger partial charge on any atom is 0.0504 e. The minimum absolute atomic E-state index is 0.344. The number of nitrogens with two attached hydrogens (primary N) is 1. The molecule has 0 rings (SSSR count). The fraction of sp³-hybridized carbons (Fsp3) is 0.857. The third-order valence-corrected chi connectivity index (χ3v) is 2.13. The quantitative estimate of drug-likeness (QED) is 0.474. The fourth-order valence-corrected chi connectivity index (χ4v) is 1.04. The molecule has 0 aliphatic rings. The monoisotopic (exact) mass is 146 g/mol. The standard InChI is InChI=1S/C7H16NS/c1-3-4-5-6-7(8)9-2/h7H,1,3-6,8H2,2H3. The molecule has 1 atom stereocenters. The van der Waals surface area contributed by atoms with E-state index in [0.717, 1.165) is 12.8 Å². The van der Waals surface area contributed by atoms with Gasteiger partial charge in [-0.25, -0.2) is 0 Å². The van der Waals surface area contributed by atoms with Crippen LogP contribution in [0, 0.1) is 6.92 Å². The van der Waals surface area contributed by atoms with Gasteiger partial charge in [0, 0.05) is 0 Å². The normalized spacial score (nSPS) is 13.7. The fourth-order valence-electron chi connectivity index (χ4n) is 0.640. The lowest BCUT2D eigenvalue weighted by Gasteiger charge is -2.05. The lowest BCUT2D eigenvalue weighted by atomic mass is 10.2. The van der Waals surface area contributed by atoms with Gasteiger partial charge in [0.15, 0.2) is 0 Å². The van der Waals surface area contributed by atoms with Crippen LogP contribution in [0.1, 0.15) is 25.7 Å². The van der Waals surface area contributed by atoms with Gasteiger partial charge in [-0.05, 0) is 12.7 Å². The summed E-state index contributed by atoms with van der Waals surface area (Å²) in [5.41, 5.74) is 5.66. The number of thioether (sulfide) groups is 1. The zero-order chi connectivity index (χ0) is 7.11. The third-order valence-electron chi connectivity index (χ3n) is 1.29. The summed E-state index contributed by atoms with van der Waals surface area (Å²) in [4.78, 5) is 0. The van der Waals surface area contributed by atoms with E-state index in [1.165, 1.54) is 12.8 Å². The lowest BCUT2D eigenvalue weighted by molar-refractivity contribution is 0.672. The van der Waals surface area contributed by atoms with E-state index in [4.69, 9.17) is 5.73 Å². The van der Waals surface area contributed by atoms with Crippen LogP contribution in [0.4, 0.5) is 0 Å². The molecule has 0 bridgehead atoms. The Balaban J connectivity index is 2.88. The molecule has 1 unspecified atom stereocenters. The van der Waals surface area contributed by atoms with Crippen molar-refractivity contribution in [3.8, 4) is 0 Å². The molecule has 1 nitrogen and oxygen atoms in total. The van der Waals surface area contributed by atoms with Gasteiger partial charge in [-0.2, -0.15) is 0 Å². The summed E-state index contributed by atoms with van der Waals surface area (Å²) in [6.45, 7) is 3.76. The summed E-state index contributed by atoms with van der Waals surface area (Å²) in [5.74, 6) is 0. The molecule has 2 heteroatoms. The zero-order valence-electron chi connectivity index (χ0n) is 6.10. The number of hydrogen-bond acceptors (Lipinski definition) is 2. The van der Waals surface area contributed by atoms with Gasteiger partial charge in [0.2, 0.25) is 0 Å². The third kappa shape index (κ3) is 6.19. The van der Waals surface area contributed by atoms with Gasteiger partial charge in [0.1, 0.15) is 0 Å². The molecular formula is C7H16NS. The molecular weight excluding hydrogens is 130 g/mol. The van der Waals surface area contributed by atoms with Crippen molar-refractivity contribution in [2.75, 3.05) is 6.26 Å². The van der Waals surface area contributed by atoms with E-state index in [1.807, 2.05) is 0 Å². The molecule has 1 radical (unpaired) electrons. The van der Waals surface area contributed by atoms with Crippen LogP contribution in [-0.4, -0.2) is 11.6 Å². The molecule has 2 N–H and O–H groups in total. The Bertz CT molecular complexity index is 56.9. The summed E-state index contributed by atoms with van der Waals surface area (Å²) >= 11 is 1.73. The summed E-state index contributed by atoms with van der Waals surface area (Å²) in [6.07, 6.45) is 6.67. The lowest BCUT2D eigenvalue weighted by Crippen LogP contribution is -2.13. The minimum Gasteiger partial charge on any atom is -0.319 e. The highest BCUT2D eigenvalue weighted by atomic mass is 32.2. The van der Waals surface area contributed by atoms with E-state index in [1.54, 1.807) is 11.8 Å². The van der Waals surface area contributed by atoms with Crippen LogP contribution in [0.15, 0.2) is 0 Å². The predicted octanol–water partition coefficient (Wildman–Crippen LogP) is 2.03. The molecule has 0 aromatic rings. The average molecular weight is 146 g/mol. The van der Waals surface area contributed by atoms with Crippen LogP contribution in [-0.2, 0) is 0 Å². The summed E-state index contributed by atoms with van der Waals surface area (Å²) in [7, 11) is 0. The van der Waals surface area contributed by atoms with Gasteiger partial charge in [-0.1, -0.05) is 26.2 Å². The van der Waals surface area contributed by atoms with Gasteiger partial charge < -0.3 is 5.73 Å². The first-order chi connectivity index (χ1) is 4.31. The van der Waals surface area contributed by atoms with Gasteiger partial charge in [-0.3, -0.25) is 0 Å². The Morgan fingerprint density at radius 2 is 2.22 bits per heavy atom. The second kappa shape index (κ2) is 6.43. The van der Waals surface area contributed by atoms with Crippen molar-refractivity contribution >= 4 is 11.8 Å². The highest BCUT2D eigenvalue weighted by Crippen LogP contribution is 2.08. The van der Waals surface area contributed by atoms with Crippen LogP contribution in [0.5, 0.6) is 0 Å². The summed E-state index contributed by atoms with van der Waals surface area (Å²) in [5, 5.41) is 0.344. The SMILES string of the molecule is [CH2]CCCCC(N)SC. The Labute approximate surface area is 62.4 Å². The number of hydrogen-bond donors (Lipinski definition) is 1. The second-order valence-corrected chi connectivity index (χ2v) is 3.20. The average Bonchev–Trinajstić information content (AvgIpc) is 1.89. The molecule has 0 aromatic heterocycles. The van der Waals surface area contributed by atoms with Crippen LogP contribution >= 0.6 is 11.8 Å². The predicted molar refractivity (Wildman–Crippen MR) is 45.3 cm³/mol. The van der Waals surface area contributed by atoms with Crippen molar-refractivity contribution in [2.24, 2.45) is 5.73 Å². The topological polar surface area (TPSA) is 26.0 Å². The van der Waals surface area contributed by atoms with E-state index in [-0.39, 0.29) is 0 Å². The largest absolute Gasteiger partial charge is 0.319 e. The maximum atomic E-state index is 5.66. The van der Waals surface area contributed by atoms with Crippen LogP contribution < -0.4 is 5.73 Å². The molecule has 9 heavy (non-hydrogen) atoms. The van der Waals surface area contributed by atoms with Crippen LogP contribution in [0.3, 0.4) is 0 Å². The van der Waals surface area contributed by atoms with Crippen molar-refractivity contribution in [2.45, 2.75) is 31.1 Å². The molecule has 0 aromatic carbocycles. The maximum absolute atomic E-state index is 5.66. The van der Waals surface area contributed by atoms with E-state index >= 15 is 0 Å². The van der Waals surface area contributed by atoms with Crippen LogP contribution in [0.25, 0.3) is 0 Å². The molecule has 0 spiro atoms. The highest BCUT2D eigenvalue weighted by molar-refractivity contribution is 7.99. The molecule has 0 amide bonds. The summed E-state index contributed by atoms with van der Waals surface area (Å²) < 4.78 is 0. The first kappa shape index (κ1) is 9.31. The Morgan fingerprint density at radius 3 is 2.67 bits per heavy atom.